The molecule has 0 radical (unpaired) electrons. The van der Waals surface area contributed by atoms with Crippen molar-refractivity contribution in [2.75, 3.05) is 13.1 Å². The lowest BCUT2D eigenvalue weighted by Gasteiger charge is -2.27. The van der Waals surface area contributed by atoms with E-state index in [1.54, 1.807) is 12.4 Å². The Morgan fingerprint density at radius 3 is 2.54 bits per heavy atom. The van der Waals surface area contributed by atoms with E-state index in [4.69, 9.17) is 9.47 Å². The molecular weight excluding hydrogens is 508 g/mol. The molecule has 1 aromatic heterocycles. The zero-order chi connectivity index (χ0) is 24.2. The van der Waals surface area contributed by atoms with Crippen molar-refractivity contribution in [1.29, 1.82) is 0 Å². The van der Waals surface area contributed by atoms with Crippen LogP contribution in [0.4, 0.5) is 0 Å². The molecule has 6 nitrogen and oxygen atoms in total. The third kappa shape index (κ3) is 3.73. The molecule has 1 saturated heterocycles. The van der Waals surface area contributed by atoms with E-state index in [2.05, 4.69) is 20.9 Å². The standard InChI is InChI=1S/C28H25BrN2O4/c1-18(19-2-6-21(29)7-3-19)34-22-8-4-20(5-9-22)27(11-12-27)26(33)31-15-13-28(17-31)24-10-14-30-16-23(24)25(32)35-28/h2-10,14,16,18H,11-13,15,17H2,1H3/t18?,28-/m0/s1. The Bertz CT molecular complexity index is 1300. The number of carbonyl (C=O) groups is 2. The molecule has 0 N–H and O–H groups in total. The van der Waals surface area contributed by atoms with Crippen LogP contribution in [-0.2, 0) is 20.5 Å². The zero-order valence-corrected chi connectivity index (χ0v) is 21.0. The summed E-state index contributed by atoms with van der Waals surface area (Å²) in [5.41, 5.74) is 2.22. The van der Waals surface area contributed by atoms with Crippen molar-refractivity contribution in [3.8, 4) is 5.75 Å². The van der Waals surface area contributed by atoms with Crippen LogP contribution in [0, 0.1) is 0 Å². The molecule has 178 valence electrons. The molecule has 2 aromatic carbocycles. The predicted molar refractivity (Wildman–Crippen MR) is 133 cm³/mol. The number of hydrogen-bond donors (Lipinski definition) is 0. The van der Waals surface area contributed by atoms with E-state index in [9.17, 15) is 9.59 Å². The summed E-state index contributed by atoms with van der Waals surface area (Å²) < 4.78 is 13.0. The van der Waals surface area contributed by atoms with E-state index in [0.717, 1.165) is 39.8 Å². The van der Waals surface area contributed by atoms with Gasteiger partial charge < -0.3 is 14.4 Å². The number of hydrogen-bond acceptors (Lipinski definition) is 5. The van der Waals surface area contributed by atoms with Crippen LogP contribution in [0.25, 0.3) is 0 Å². The fourth-order valence-corrected chi connectivity index (χ4v) is 5.68. The topological polar surface area (TPSA) is 68.7 Å². The smallest absolute Gasteiger partial charge is 0.341 e. The van der Waals surface area contributed by atoms with Gasteiger partial charge in [-0.2, -0.15) is 0 Å². The van der Waals surface area contributed by atoms with Gasteiger partial charge in [0.2, 0.25) is 5.91 Å². The first-order valence-corrected chi connectivity index (χ1v) is 12.7. The number of likely N-dealkylation sites (tertiary alicyclic amines) is 1. The van der Waals surface area contributed by atoms with Crippen LogP contribution in [-0.4, -0.2) is 34.8 Å². The van der Waals surface area contributed by atoms with Crippen molar-refractivity contribution >= 4 is 27.8 Å². The van der Waals surface area contributed by atoms with Gasteiger partial charge >= 0.3 is 5.97 Å². The average molecular weight is 533 g/mol. The van der Waals surface area contributed by atoms with Gasteiger partial charge in [0, 0.05) is 35.4 Å². The molecule has 3 aromatic rings. The van der Waals surface area contributed by atoms with Crippen molar-refractivity contribution in [2.45, 2.75) is 43.3 Å². The van der Waals surface area contributed by atoms with E-state index >= 15 is 0 Å². The van der Waals surface area contributed by atoms with Crippen LogP contribution in [0.3, 0.4) is 0 Å². The largest absolute Gasteiger partial charge is 0.486 e. The van der Waals surface area contributed by atoms with Gasteiger partial charge in [-0.1, -0.05) is 40.2 Å². The molecule has 1 saturated carbocycles. The van der Waals surface area contributed by atoms with Gasteiger partial charge in [0.25, 0.3) is 0 Å². The Labute approximate surface area is 212 Å². The lowest BCUT2D eigenvalue weighted by molar-refractivity contribution is -0.134. The van der Waals surface area contributed by atoms with Crippen LogP contribution in [0.2, 0.25) is 0 Å². The SMILES string of the molecule is CC(Oc1ccc(C2(C(=O)N3CC[C@@]4(C3)OC(=O)c3cnccc34)CC2)cc1)c1ccc(Br)cc1. The number of benzene rings is 2. The minimum atomic E-state index is -0.748. The second kappa shape index (κ2) is 8.19. The van der Waals surface area contributed by atoms with Gasteiger partial charge in [-0.25, -0.2) is 4.79 Å². The summed E-state index contributed by atoms with van der Waals surface area (Å²) in [7, 11) is 0. The number of ether oxygens (including phenoxy) is 2. The summed E-state index contributed by atoms with van der Waals surface area (Å²) in [6, 6.07) is 17.9. The average Bonchev–Trinajstić information content (AvgIpc) is 3.50. The van der Waals surface area contributed by atoms with Gasteiger partial charge in [-0.15, -0.1) is 0 Å². The molecule has 3 heterocycles. The molecule has 7 heteroatoms. The fraction of sp³-hybridized carbons (Fsp3) is 0.321. The second-order valence-corrected chi connectivity index (χ2v) is 10.6. The molecule has 2 atom stereocenters. The fourth-order valence-electron chi connectivity index (χ4n) is 5.41. The predicted octanol–water partition coefficient (Wildman–Crippen LogP) is 5.31. The molecule has 1 amide bonds. The number of halogens is 1. The molecular formula is C28H25BrN2O4. The van der Waals surface area contributed by atoms with Crippen LogP contribution in [0.15, 0.2) is 71.5 Å². The molecule has 1 spiro atoms. The highest BCUT2D eigenvalue weighted by molar-refractivity contribution is 9.10. The molecule has 35 heavy (non-hydrogen) atoms. The molecule has 0 bridgehead atoms. The number of fused-ring (bicyclic) bond motifs is 2. The molecule has 1 aliphatic carbocycles. The van der Waals surface area contributed by atoms with Crippen LogP contribution >= 0.6 is 15.9 Å². The van der Waals surface area contributed by atoms with E-state index in [-0.39, 0.29) is 18.0 Å². The van der Waals surface area contributed by atoms with Crippen molar-refractivity contribution in [1.82, 2.24) is 9.88 Å². The van der Waals surface area contributed by atoms with Crippen molar-refractivity contribution in [2.24, 2.45) is 0 Å². The molecule has 2 aliphatic heterocycles. The van der Waals surface area contributed by atoms with Gasteiger partial charge in [0.05, 0.1) is 17.5 Å². The van der Waals surface area contributed by atoms with Crippen molar-refractivity contribution in [3.63, 3.8) is 0 Å². The summed E-state index contributed by atoms with van der Waals surface area (Å²) >= 11 is 3.46. The lowest BCUT2D eigenvalue weighted by Crippen LogP contribution is -2.40. The van der Waals surface area contributed by atoms with Crippen LogP contribution in [0.1, 0.15) is 59.3 Å². The van der Waals surface area contributed by atoms with Crippen molar-refractivity contribution < 1.29 is 19.1 Å². The summed E-state index contributed by atoms with van der Waals surface area (Å²) in [6.45, 7) is 2.99. The highest BCUT2D eigenvalue weighted by Gasteiger charge is 2.57. The maximum atomic E-state index is 13.7. The number of aromatic nitrogens is 1. The first kappa shape index (κ1) is 22.3. The van der Waals surface area contributed by atoms with E-state index in [0.29, 0.717) is 25.1 Å². The van der Waals surface area contributed by atoms with Gasteiger partial charge in [0.1, 0.15) is 11.9 Å². The minimum Gasteiger partial charge on any atom is -0.486 e. The minimum absolute atomic E-state index is 0.0848. The first-order valence-electron chi connectivity index (χ1n) is 11.9. The summed E-state index contributed by atoms with van der Waals surface area (Å²) in [5.74, 6) is 0.539. The number of carbonyl (C=O) groups excluding carboxylic acids is 2. The molecule has 1 unspecified atom stereocenters. The maximum absolute atomic E-state index is 13.7. The zero-order valence-electron chi connectivity index (χ0n) is 19.4. The number of amides is 1. The number of esters is 1. The summed E-state index contributed by atoms with van der Waals surface area (Å²) in [6.07, 6.45) is 5.41. The van der Waals surface area contributed by atoms with E-state index in [1.807, 2.05) is 66.4 Å². The molecule has 6 rings (SSSR count). The normalized spacial score (nSPS) is 22.6. The second-order valence-electron chi connectivity index (χ2n) is 9.70. The number of pyridine rings is 1. The summed E-state index contributed by atoms with van der Waals surface area (Å²) in [4.78, 5) is 32.0. The van der Waals surface area contributed by atoms with Crippen molar-refractivity contribution in [3.05, 3.63) is 93.7 Å². The highest BCUT2D eigenvalue weighted by atomic mass is 79.9. The van der Waals surface area contributed by atoms with Crippen LogP contribution < -0.4 is 4.74 Å². The Morgan fingerprint density at radius 2 is 1.83 bits per heavy atom. The third-order valence-electron chi connectivity index (χ3n) is 7.56. The monoisotopic (exact) mass is 532 g/mol. The number of rotatable bonds is 5. The maximum Gasteiger partial charge on any atom is 0.341 e. The van der Waals surface area contributed by atoms with Crippen LogP contribution in [0.5, 0.6) is 5.75 Å². The van der Waals surface area contributed by atoms with Gasteiger partial charge in [-0.05, 0) is 61.2 Å². The Kier molecular flexibility index (Phi) is 5.22. The first-order chi connectivity index (χ1) is 16.9. The Balaban J connectivity index is 1.16. The lowest BCUT2D eigenvalue weighted by atomic mass is 9.92. The molecule has 3 aliphatic rings. The Hall–Kier alpha value is -3.19. The van der Waals surface area contributed by atoms with Gasteiger partial charge in [-0.3, -0.25) is 9.78 Å². The highest BCUT2D eigenvalue weighted by Crippen LogP contribution is 2.52. The number of nitrogens with zero attached hydrogens (tertiary/aromatic N) is 2. The molecule has 2 fully saturated rings. The third-order valence-corrected chi connectivity index (χ3v) is 8.09. The van der Waals surface area contributed by atoms with E-state index in [1.165, 1.54) is 0 Å². The summed E-state index contributed by atoms with van der Waals surface area (Å²) in [5, 5.41) is 0. The van der Waals surface area contributed by atoms with E-state index < -0.39 is 11.0 Å². The quantitative estimate of drug-likeness (QED) is 0.416. The Morgan fingerprint density at radius 1 is 1.09 bits per heavy atom. The van der Waals surface area contributed by atoms with Gasteiger partial charge in [0.15, 0.2) is 5.60 Å².